The summed E-state index contributed by atoms with van der Waals surface area (Å²) in [6.07, 6.45) is 1.35. The van der Waals surface area contributed by atoms with Crippen LogP contribution >= 0.6 is 24.4 Å². The van der Waals surface area contributed by atoms with Crippen molar-refractivity contribution >= 4 is 24.4 Å². The normalized spacial score (nSPS) is 28.4. The van der Waals surface area contributed by atoms with Gasteiger partial charge in [-0.15, -0.1) is 0 Å². The van der Waals surface area contributed by atoms with Crippen LogP contribution in [0.4, 0.5) is 0 Å². The Balaban J connectivity index is 2.22. The van der Waals surface area contributed by atoms with E-state index in [2.05, 4.69) is 36.2 Å². The topological polar surface area (TPSA) is 3.24 Å². The van der Waals surface area contributed by atoms with E-state index < -0.39 is 0 Å². The molecular weight excluding hydrogens is 174 g/mol. The zero-order chi connectivity index (χ0) is 8.10. The van der Waals surface area contributed by atoms with Crippen molar-refractivity contribution in [3.05, 3.63) is 0 Å². The molecule has 0 saturated carbocycles. The molecule has 1 heterocycles. The summed E-state index contributed by atoms with van der Waals surface area (Å²) < 4.78 is 0. The Morgan fingerprint density at radius 2 is 2.36 bits per heavy atom. The molecule has 1 rings (SSSR count). The van der Waals surface area contributed by atoms with E-state index >= 15 is 0 Å². The number of thiol groups is 1. The summed E-state index contributed by atoms with van der Waals surface area (Å²) in [5.74, 6) is 2.30. The lowest BCUT2D eigenvalue weighted by molar-refractivity contribution is 0.310. The van der Waals surface area contributed by atoms with E-state index in [0.29, 0.717) is 0 Å². The molecular formula is C8H17NS2. The fraction of sp³-hybridized carbons (Fsp3) is 1.00. The van der Waals surface area contributed by atoms with E-state index in [-0.39, 0.29) is 0 Å². The third kappa shape index (κ3) is 3.72. The van der Waals surface area contributed by atoms with Crippen LogP contribution < -0.4 is 0 Å². The van der Waals surface area contributed by atoms with Gasteiger partial charge in [-0.2, -0.15) is 24.4 Å². The lowest BCUT2D eigenvalue weighted by Crippen LogP contribution is -2.28. The smallest absolute Gasteiger partial charge is 0.00728 e. The molecule has 11 heavy (non-hydrogen) atoms. The maximum absolute atomic E-state index is 4.24. The molecule has 1 aliphatic rings. The Morgan fingerprint density at radius 1 is 1.55 bits per heavy atom. The highest BCUT2D eigenvalue weighted by atomic mass is 32.2. The Hall–Kier alpha value is 0.660. The van der Waals surface area contributed by atoms with Crippen molar-refractivity contribution in [3.63, 3.8) is 0 Å². The van der Waals surface area contributed by atoms with Gasteiger partial charge < -0.3 is 4.90 Å². The Kier molecular flexibility index (Phi) is 4.72. The monoisotopic (exact) mass is 191 g/mol. The van der Waals surface area contributed by atoms with E-state index in [9.17, 15) is 0 Å². The molecule has 1 saturated heterocycles. The van der Waals surface area contributed by atoms with Gasteiger partial charge in [0.2, 0.25) is 0 Å². The van der Waals surface area contributed by atoms with Crippen molar-refractivity contribution in [1.82, 2.24) is 4.90 Å². The summed E-state index contributed by atoms with van der Waals surface area (Å²) in [5.41, 5.74) is 0. The van der Waals surface area contributed by atoms with Gasteiger partial charge in [0, 0.05) is 29.8 Å². The van der Waals surface area contributed by atoms with Gasteiger partial charge in [0.25, 0.3) is 0 Å². The highest BCUT2D eigenvalue weighted by Gasteiger charge is 2.12. The van der Waals surface area contributed by atoms with Crippen molar-refractivity contribution in [1.29, 1.82) is 0 Å². The summed E-state index contributed by atoms with van der Waals surface area (Å²) >= 11 is 6.34. The van der Waals surface area contributed by atoms with E-state index in [1.807, 2.05) is 0 Å². The molecule has 66 valence electrons. The molecule has 3 heteroatoms. The second-order valence-corrected chi connectivity index (χ2v) is 5.03. The van der Waals surface area contributed by atoms with E-state index in [1.165, 1.54) is 25.3 Å². The summed E-state index contributed by atoms with van der Waals surface area (Å²) in [5, 5.41) is 0.861. The van der Waals surface area contributed by atoms with Gasteiger partial charge in [0.15, 0.2) is 0 Å². The van der Waals surface area contributed by atoms with Gasteiger partial charge >= 0.3 is 0 Å². The third-order valence-corrected chi connectivity index (χ3v) is 3.50. The van der Waals surface area contributed by atoms with Gasteiger partial charge in [-0.1, -0.05) is 6.92 Å². The average molecular weight is 191 g/mol. The molecule has 0 radical (unpaired) electrons. The van der Waals surface area contributed by atoms with Crippen molar-refractivity contribution < 1.29 is 0 Å². The van der Waals surface area contributed by atoms with Crippen molar-refractivity contribution in [2.75, 3.05) is 31.1 Å². The first-order valence-corrected chi connectivity index (χ1v) is 5.96. The summed E-state index contributed by atoms with van der Waals surface area (Å²) in [7, 11) is 0. The fourth-order valence-corrected chi connectivity index (χ4v) is 2.63. The van der Waals surface area contributed by atoms with Crippen LogP contribution in [-0.4, -0.2) is 41.3 Å². The Bertz CT molecular complexity index is 108. The molecule has 1 fully saturated rings. The van der Waals surface area contributed by atoms with Crippen LogP contribution in [0.25, 0.3) is 0 Å². The molecule has 1 atom stereocenters. The Morgan fingerprint density at radius 3 is 3.09 bits per heavy atom. The van der Waals surface area contributed by atoms with Crippen molar-refractivity contribution in [2.45, 2.75) is 18.6 Å². The molecule has 0 aromatic heterocycles. The zero-order valence-electron chi connectivity index (χ0n) is 7.12. The fourth-order valence-electron chi connectivity index (χ4n) is 1.31. The van der Waals surface area contributed by atoms with Crippen LogP contribution in [0.5, 0.6) is 0 Å². The molecule has 1 unspecified atom stereocenters. The maximum atomic E-state index is 4.24. The first kappa shape index (κ1) is 9.75. The third-order valence-electron chi connectivity index (χ3n) is 2.08. The largest absolute Gasteiger partial charge is 0.302 e. The van der Waals surface area contributed by atoms with Gasteiger partial charge in [-0.05, 0) is 13.0 Å². The van der Waals surface area contributed by atoms with Crippen molar-refractivity contribution in [2.24, 2.45) is 0 Å². The van der Waals surface area contributed by atoms with Crippen LogP contribution in [0, 0.1) is 0 Å². The maximum Gasteiger partial charge on any atom is 0.00728 e. The molecule has 0 bridgehead atoms. The lowest BCUT2D eigenvalue weighted by atomic mass is 10.3. The quantitative estimate of drug-likeness (QED) is 0.662. The minimum absolute atomic E-state index is 0.861. The minimum Gasteiger partial charge on any atom is -0.302 e. The van der Waals surface area contributed by atoms with E-state index in [0.717, 1.165) is 17.5 Å². The number of rotatable bonds is 2. The van der Waals surface area contributed by atoms with E-state index in [4.69, 9.17) is 0 Å². The SMILES string of the molecule is CC1CCN(CCS)CCS1. The van der Waals surface area contributed by atoms with Crippen molar-refractivity contribution in [3.8, 4) is 0 Å². The van der Waals surface area contributed by atoms with Crippen LogP contribution in [-0.2, 0) is 0 Å². The summed E-state index contributed by atoms with van der Waals surface area (Å²) in [4.78, 5) is 2.52. The van der Waals surface area contributed by atoms with Crippen LogP contribution in [0.2, 0.25) is 0 Å². The highest BCUT2D eigenvalue weighted by Crippen LogP contribution is 2.18. The molecule has 0 spiro atoms. The van der Waals surface area contributed by atoms with Crippen LogP contribution in [0.3, 0.4) is 0 Å². The van der Waals surface area contributed by atoms with Gasteiger partial charge in [-0.25, -0.2) is 0 Å². The van der Waals surface area contributed by atoms with Crippen LogP contribution in [0.1, 0.15) is 13.3 Å². The molecule has 0 N–H and O–H groups in total. The number of nitrogens with zero attached hydrogens (tertiary/aromatic N) is 1. The highest BCUT2D eigenvalue weighted by molar-refractivity contribution is 7.99. The molecule has 0 aliphatic carbocycles. The lowest BCUT2D eigenvalue weighted by Gasteiger charge is -2.17. The van der Waals surface area contributed by atoms with E-state index in [1.54, 1.807) is 0 Å². The molecule has 0 aromatic carbocycles. The second kappa shape index (κ2) is 5.33. The molecule has 0 aromatic rings. The van der Waals surface area contributed by atoms with Crippen LogP contribution in [0.15, 0.2) is 0 Å². The summed E-state index contributed by atoms with van der Waals surface area (Å²) in [6.45, 7) is 6.02. The molecule has 1 nitrogen and oxygen atoms in total. The number of thioether (sulfide) groups is 1. The predicted molar refractivity (Wildman–Crippen MR) is 56.8 cm³/mol. The second-order valence-electron chi connectivity index (χ2n) is 3.04. The molecule has 1 aliphatic heterocycles. The van der Waals surface area contributed by atoms with Gasteiger partial charge in [0.1, 0.15) is 0 Å². The van der Waals surface area contributed by atoms with Gasteiger partial charge in [0.05, 0.1) is 0 Å². The first-order valence-electron chi connectivity index (χ1n) is 4.27. The number of hydrogen-bond acceptors (Lipinski definition) is 3. The zero-order valence-corrected chi connectivity index (χ0v) is 8.83. The van der Waals surface area contributed by atoms with Gasteiger partial charge in [-0.3, -0.25) is 0 Å². The number of hydrogen-bond donors (Lipinski definition) is 1. The Labute approximate surface area is 79.3 Å². The predicted octanol–water partition coefficient (Wildman–Crippen LogP) is 1.74. The standard InChI is InChI=1S/C8H17NS2/c1-8-2-3-9(4-6-10)5-7-11-8/h8,10H,2-7H2,1H3. The average Bonchev–Trinajstić information content (AvgIpc) is 2.17. The molecule has 0 amide bonds. The first-order chi connectivity index (χ1) is 5.33. The summed E-state index contributed by atoms with van der Waals surface area (Å²) in [6, 6.07) is 0. The minimum atomic E-state index is 0.861.